The van der Waals surface area contributed by atoms with Crippen LogP contribution in [0.2, 0.25) is 5.02 Å². The van der Waals surface area contributed by atoms with Crippen molar-refractivity contribution >= 4 is 28.5 Å². The Kier molecular flexibility index (Phi) is 10.4. The van der Waals surface area contributed by atoms with Crippen LogP contribution in [-0.2, 0) is 6.18 Å². The quantitative estimate of drug-likeness (QED) is 0.236. The molecule has 0 radical (unpaired) electrons. The lowest BCUT2D eigenvalue weighted by Crippen LogP contribution is -2.15. The predicted octanol–water partition coefficient (Wildman–Crippen LogP) is 8.31. The van der Waals surface area contributed by atoms with Crippen molar-refractivity contribution in [1.82, 2.24) is 14.9 Å². The van der Waals surface area contributed by atoms with Gasteiger partial charge in [0.05, 0.1) is 28.7 Å². The van der Waals surface area contributed by atoms with E-state index in [1.165, 1.54) is 31.4 Å². The Morgan fingerprint density at radius 3 is 2.27 bits per heavy atom. The molecule has 0 aliphatic rings. The van der Waals surface area contributed by atoms with E-state index in [0.717, 1.165) is 30.1 Å². The number of carbonyl (C=O) groups is 1. The van der Waals surface area contributed by atoms with Crippen molar-refractivity contribution < 1.29 is 31.3 Å². The van der Waals surface area contributed by atoms with Crippen molar-refractivity contribution in [3.63, 3.8) is 0 Å². The summed E-state index contributed by atoms with van der Waals surface area (Å²) in [5, 5.41) is 7.34. The van der Waals surface area contributed by atoms with Gasteiger partial charge in [0.2, 0.25) is 5.12 Å². The molecule has 4 rings (SSSR count). The van der Waals surface area contributed by atoms with Crippen LogP contribution < -0.4 is 0 Å². The van der Waals surface area contributed by atoms with E-state index in [-0.39, 0.29) is 28.5 Å². The average Bonchev–Trinajstić information content (AvgIpc) is 3.47. The molecule has 0 atom stereocenters. The zero-order valence-electron chi connectivity index (χ0n) is 20.5. The van der Waals surface area contributed by atoms with Crippen LogP contribution in [0.3, 0.4) is 0 Å². The van der Waals surface area contributed by atoms with Crippen molar-refractivity contribution in [3.8, 4) is 17.0 Å². The molecule has 0 spiro atoms. The summed E-state index contributed by atoms with van der Waals surface area (Å²) in [7, 11) is 0. The second kappa shape index (κ2) is 12.9. The van der Waals surface area contributed by atoms with Crippen LogP contribution in [0, 0.1) is 25.5 Å². The molecular formula is C25H23ClF5N3O2S. The standard InChI is InChI=1S/C16H11F4N3O2S.C7H6ClF.C2H6/c1-8-12(15(24)26-2)13(25-22-8)11-7-21-23(14(11)16(18,19)20)10-5-3-4-9(17)6-10;1-5-6(8)3-2-4-7(5)9;1-2/h3-7H,1-2H3;2-4H,1H3;1-2H3. The van der Waals surface area contributed by atoms with Crippen LogP contribution in [0.1, 0.15) is 41.2 Å². The highest BCUT2D eigenvalue weighted by Gasteiger charge is 2.41. The predicted molar refractivity (Wildman–Crippen MR) is 134 cm³/mol. The lowest BCUT2D eigenvalue weighted by Gasteiger charge is -2.12. The number of alkyl halides is 3. The van der Waals surface area contributed by atoms with Crippen LogP contribution in [0.15, 0.2) is 53.2 Å². The van der Waals surface area contributed by atoms with Crippen molar-refractivity contribution in [2.75, 3.05) is 6.26 Å². The van der Waals surface area contributed by atoms with Crippen molar-refractivity contribution in [2.45, 2.75) is 33.9 Å². The summed E-state index contributed by atoms with van der Waals surface area (Å²) in [6.07, 6.45) is -2.41. The zero-order valence-corrected chi connectivity index (χ0v) is 22.0. The van der Waals surface area contributed by atoms with E-state index >= 15 is 0 Å². The molecule has 0 bridgehead atoms. The Morgan fingerprint density at radius 1 is 1.08 bits per heavy atom. The Labute approximate surface area is 219 Å². The van der Waals surface area contributed by atoms with Crippen LogP contribution >= 0.6 is 23.4 Å². The lowest BCUT2D eigenvalue weighted by atomic mass is 10.1. The highest BCUT2D eigenvalue weighted by atomic mass is 35.5. The van der Waals surface area contributed by atoms with Gasteiger partial charge in [0.15, 0.2) is 11.5 Å². The van der Waals surface area contributed by atoms with E-state index in [0.29, 0.717) is 15.3 Å². The summed E-state index contributed by atoms with van der Waals surface area (Å²) in [5.41, 5.74) is -1.11. The molecule has 4 aromatic rings. The molecule has 0 amide bonds. The SMILES string of the molecule is CC.CSC(=O)c1c(C)noc1-c1cnn(-c2cccc(F)c2)c1C(F)(F)F.Cc1c(F)cccc1Cl. The van der Waals surface area contributed by atoms with Gasteiger partial charge in [-0.2, -0.15) is 18.3 Å². The number of nitrogens with zero attached hydrogens (tertiary/aromatic N) is 3. The molecule has 2 aromatic heterocycles. The molecule has 0 N–H and O–H groups in total. The molecule has 5 nitrogen and oxygen atoms in total. The zero-order chi connectivity index (χ0) is 27.9. The van der Waals surface area contributed by atoms with Gasteiger partial charge in [-0.05, 0) is 50.4 Å². The van der Waals surface area contributed by atoms with E-state index < -0.39 is 28.4 Å². The first-order valence-corrected chi connectivity index (χ1v) is 12.4. The molecule has 198 valence electrons. The maximum absolute atomic E-state index is 13.7. The molecule has 2 heterocycles. The molecular weight excluding hydrogens is 537 g/mol. The van der Waals surface area contributed by atoms with E-state index in [1.807, 2.05) is 13.8 Å². The fourth-order valence-electron chi connectivity index (χ4n) is 3.07. The fourth-order valence-corrected chi connectivity index (χ4v) is 3.68. The summed E-state index contributed by atoms with van der Waals surface area (Å²) in [4.78, 5) is 12.1. The lowest BCUT2D eigenvalue weighted by molar-refractivity contribution is -0.142. The van der Waals surface area contributed by atoms with Gasteiger partial charge in [-0.25, -0.2) is 13.5 Å². The van der Waals surface area contributed by atoms with Crippen molar-refractivity contribution in [1.29, 1.82) is 0 Å². The molecule has 0 unspecified atom stereocenters. The van der Waals surface area contributed by atoms with Gasteiger partial charge in [-0.1, -0.05) is 54.5 Å². The Hall–Kier alpha value is -3.18. The number of halogens is 6. The van der Waals surface area contributed by atoms with E-state index in [9.17, 15) is 26.7 Å². The minimum atomic E-state index is -4.83. The summed E-state index contributed by atoms with van der Waals surface area (Å²) in [6.45, 7) is 7.11. The third-order valence-corrected chi connectivity index (χ3v) is 5.77. The van der Waals surface area contributed by atoms with E-state index in [4.69, 9.17) is 16.1 Å². The Balaban J connectivity index is 0.000000367. The topological polar surface area (TPSA) is 60.9 Å². The fraction of sp³-hybridized carbons (Fsp3) is 0.240. The van der Waals surface area contributed by atoms with E-state index in [2.05, 4.69) is 10.3 Å². The molecule has 12 heteroatoms. The largest absolute Gasteiger partial charge is 0.434 e. The van der Waals surface area contributed by atoms with Gasteiger partial charge in [0.25, 0.3) is 0 Å². The minimum Gasteiger partial charge on any atom is -0.355 e. The first-order chi connectivity index (χ1) is 17.5. The number of thioether (sulfide) groups is 1. The average molecular weight is 560 g/mol. The molecule has 0 aliphatic heterocycles. The van der Waals surface area contributed by atoms with Gasteiger partial charge in [0, 0.05) is 10.6 Å². The third kappa shape index (κ3) is 6.98. The van der Waals surface area contributed by atoms with Crippen LogP contribution in [-0.4, -0.2) is 26.3 Å². The highest BCUT2D eigenvalue weighted by Crippen LogP contribution is 2.40. The Morgan fingerprint density at radius 2 is 1.73 bits per heavy atom. The molecule has 0 fully saturated rings. The highest BCUT2D eigenvalue weighted by molar-refractivity contribution is 8.13. The van der Waals surface area contributed by atoms with Gasteiger partial charge in [-0.15, -0.1) is 0 Å². The summed E-state index contributed by atoms with van der Waals surface area (Å²) in [5.74, 6) is -1.28. The summed E-state index contributed by atoms with van der Waals surface area (Å²) < 4.78 is 72.7. The number of hydrogen-bond donors (Lipinski definition) is 0. The number of hydrogen-bond acceptors (Lipinski definition) is 5. The molecule has 37 heavy (non-hydrogen) atoms. The molecule has 0 aliphatic carbocycles. The molecule has 2 aromatic carbocycles. The normalized spacial score (nSPS) is 10.8. The van der Waals surface area contributed by atoms with Crippen molar-refractivity contribution in [2.24, 2.45) is 0 Å². The summed E-state index contributed by atoms with van der Waals surface area (Å²) >= 11 is 6.40. The molecule has 0 saturated carbocycles. The number of aromatic nitrogens is 3. The van der Waals surface area contributed by atoms with Crippen LogP contribution in [0.25, 0.3) is 17.0 Å². The van der Waals surface area contributed by atoms with Gasteiger partial charge < -0.3 is 4.52 Å². The van der Waals surface area contributed by atoms with Crippen LogP contribution in [0.4, 0.5) is 22.0 Å². The maximum Gasteiger partial charge on any atom is 0.434 e. The van der Waals surface area contributed by atoms with Crippen molar-refractivity contribution in [3.05, 3.63) is 87.8 Å². The smallest absolute Gasteiger partial charge is 0.355 e. The second-order valence-corrected chi connectivity index (χ2v) is 8.29. The Bertz CT molecular complexity index is 1350. The number of carbonyl (C=O) groups excluding carboxylic acids is 1. The number of rotatable bonds is 3. The van der Waals surface area contributed by atoms with Gasteiger partial charge >= 0.3 is 6.18 Å². The monoisotopic (exact) mass is 559 g/mol. The van der Waals surface area contributed by atoms with Gasteiger partial charge in [-0.3, -0.25) is 4.79 Å². The first-order valence-electron chi connectivity index (χ1n) is 10.8. The summed E-state index contributed by atoms with van der Waals surface area (Å²) in [6, 6.07) is 9.23. The molecule has 0 saturated heterocycles. The number of aryl methyl sites for hydroxylation is 1. The maximum atomic E-state index is 13.7. The van der Waals surface area contributed by atoms with Crippen LogP contribution in [0.5, 0.6) is 0 Å². The van der Waals surface area contributed by atoms with E-state index in [1.54, 1.807) is 19.1 Å². The minimum absolute atomic E-state index is 0.0539. The van der Waals surface area contributed by atoms with Gasteiger partial charge in [0.1, 0.15) is 11.6 Å². The number of benzene rings is 2. The second-order valence-electron chi connectivity index (χ2n) is 7.11. The third-order valence-electron chi connectivity index (χ3n) is 4.79. The first kappa shape index (κ1) is 30.0.